The molecule has 1 saturated carbocycles. The van der Waals surface area contributed by atoms with Crippen LogP contribution in [0.5, 0.6) is 0 Å². The van der Waals surface area contributed by atoms with Crippen LogP contribution in [0.2, 0.25) is 0 Å². The van der Waals surface area contributed by atoms with Gasteiger partial charge in [-0.05, 0) is 37.3 Å². The van der Waals surface area contributed by atoms with Crippen LogP contribution in [0, 0.1) is 5.92 Å². The predicted octanol–water partition coefficient (Wildman–Crippen LogP) is 3.02. The first-order valence-corrected chi connectivity index (χ1v) is 7.12. The molecular formula is C16H21NO. The van der Waals surface area contributed by atoms with Crippen molar-refractivity contribution in [2.75, 3.05) is 6.54 Å². The maximum Gasteiger partial charge on any atom is 0.134 e. The van der Waals surface area contributed by atoms with Crippen molar-refractivity contribution >= 4 is 5.78 Å². The molecule has 96 valence electrons. The highest BCUT2D eigenvalue weighted by molar-refractivity contribution is 5.79. The molecule has 0 spiro atoms. The highest BCUT2D eigenvalue weighted by Crippen LogP contribution is 2.34. The number of nitrogens with zero attached hydrogens (tertiary/aromatic N) is 1. The Morgan fingerprint density at radius 3 is 2.83 bits per heavy atom. The zero-order chi connectivity index (χ0) is 12.4. The number of piperidine rings is 1. The molecule has 3 rings (SSSR count). The van der Waals surface area contributed by atoms with Crippen LogP contribution < -0.4 is 0 Å². The van der Waals surface area contributed by atoms with Gasteiger partial charge in [0, 0.05) is 25.4 Å². The van der Waals surface area contributed by atoms with E-state index in [1.54, 1.807) is 0 Å². The average molecular weight is 243 g/mol. The maximum absolute atomic E-state index is 11.7. The minimum atomic E-state index is 0.469. The van der Waals surface area contributed by atoms with Gasteiger partial charge >= 0.3 is 0 Å². The molecular weight excluding hydrogens is 222 g/mol. The summed E-state index contributed by atoms with van der Waals surface area (Å²) in [6.07, 6.45) is 5.35. The molecule has 0 unspecified atom stereocenters. The molecule has 2 fully saturated rings. The van der Waals surface area contributed by atoms with Gasteiger partial charge in [-0.15, -0.1) is 0 Å². The van der Waals surface area contributed by atoms with E-state index in [1.807, 2.05) is 0 Å². The predicted molar refractivity (Wildman–Crippen MR) is 72.2 cm³/mol. The first kappa shape index (κ1) is 11.9. The molecule has 1 saturated heterocycles. The first-order valence-electron chi connectivity index (χ1n) is 7.12. The van der Waals surface area contributed by atoms with Crippen LogP contribution in [0.15, 0.2) is 30.3 Å². The molecule has 18 heavy (non-hydrogen) atoms. The van der Waals surface area contributed by atoms with Crippen molar-refractivity contribution in [3.05, 3.63) is 35.9 Å². The highest BCUT2D eigenvalue weighted by atomic mass is 16.1. The van der Waals surface area contributed by atoms with E-state index in [0.717, 1.165) is 38.3 Å². The largest absolute Gasteiger partial charge is 0.300 e. The van der Waals surface area contributed by atoms with E-state index in [-0.39, 0.29) is 0 Å². The van der Waals surface area contributed by atoms with E-state index < -0.39 is 0 Å². The number of carbonyl (C=O) groups excluding carboxylic acids is 1. The Morgan fingerprint density at radius 2 is 2.00 bits per heavy atom. The van der Waals surface area contributed by atoms with Crippen LogP contribution in [-0.2, 0) is 11.3 Å². The molecule has 2 heteroatoms. The van der Waals surface area contributed by atoms with Gasteiger partial charge < -0.3 is 0 Å². The lowest BCUT2D eigenvalue weighted by molar-refractivity contribution is -0.124. The number of ketones is 1. The Kier molecular flexibility index (Phi) is 3.46. The molecule has 1 aliphatic heterocycles. The van der Waals surface area contributed by atoms with Crippen molar-refractivity contribution in [3.8, 4) is 0 Å². The normalized spacial score (nSPS) is 29.0. The van der Waals surface area contributed by atoms with Crippen LogP contribution >= 0.6 is 0 Å². The summed E-state index contributed by atoms with van der Waals surface area (Å²) in [5.41, 5.74) is 1.37. The molecule has 1 aromatic carbocycles. The number of benzene rings is 1. The van der Waals surface area contributed by atoms with Crippen molar-refractivity contribution in [3.63, 3.8) is 0 Å². The lowest BCUT2D eigenvalue weighted by Crippen LogP contribution is -2.48. The molecule has 0 aromatic heterocycles. The monoisotopic (exact) mass is 243 g/mol. The van der Waals surface area contributed by atoms with Crippen molar-refractivity contribution in [1.82, 2.24) is 4.90 Å². The molecule has 1 aliphatic carbocycles. The third-order valence-corrected chi connectivity index (χ3v) is 4.49. The third-order valence-electron chi connectivity index (χ3n) is 4.49. The Morgan fingerprint density at radius 1 is 1.17 bits per heavy atom. The molecule has 1 heterocycles. The summed E-state index contributed by atoms with van der Waals surface area (Å²) in [6, 6.07) is 11.2. The fraction of sp³-hybridized carbons (Fsp3) is 0.562. The van der Waals surface area contributed by atoms with Crippen LogP contribution in [-0.4, -0.2) is 23.3 Å². The Bertz CT molecular complexity index is 414. The summed E-state index contributed by atoms with van der Waals surface area (Å²) in [5, 5.41) is 0. The topological polar surface area (TPSA) is 20.3 Å². The van der Waals surface area contributed by atoms with Gasteiger partial charge in [-0.2, -0.15) is 0 Å². The van der Waals surface area contributed by atoms with Crippen LogP contribution in [0.25, 0.3) is 0 Å². The van der Waals surface area contributed by atoms with E-state index >= 15 is 0 Å². The molecule has 2 atom stereocenters. The summed E-state index contributed by atoms with van der Waals surface area (Å²) in [7, 11) is 0. The van der Waals surface area contributed by atoms with Gasteiger partial charge in [-0.3, -0.25) is 9.69 Å². The summed E-state index contributed by atoms with van der Waals surface area (Å²) >= 11 is 0. The number of hydrogen-bond acceptors (Lipinski definition) is 2. The molecule has 0 amide bonds. The fourth-order valence-electron chi connectivity index (χ4n) is 3.54. The molecule has 0 bridgehead atoms. The number of fused-ring (bicyclic) bond motifs is 1. The van der Waals surface area contributed by atoms with E-state index in [0.29, 0.717) is 11.8 Å². The fourth-order valence-corrected chi connectivity index (χ4v) is 3.54. The minimum absolute atomic E-state index is 0.469. The second-order valence-corrected chi connectivity index (χ2v) is 5.71. The molecule has 0 radical (unpaired) electrons. The van der Waals surface area contributed by atoms with Crippen molar-refractivity contribution in [2.45, 2.75) is 44.7 Å². The van der Waals surface area contributed by atoms with Gasteiger partial charge in [0.2, 0.25) is 0 Å². The zero-order valence-corrected chi connectivity index (χ0v) is 10.8. The van der Waals surface area contributed by atoms with Gasteiger partial charge in [0.05, 0.1) is 0 Å². The number of likely N-dealkylation sites (tertiary alicyclic amines) is 1. The summed E-state index contributed by atoms with van der Waals surface area (Å²) in [5.74, 6) is 1.23. The molecule has 1 aromatic rings. The smallest absolute Gasteiger partial charge is 0.134 e. The Labute approximate surface area is 109 Å². The van der Waals surface area contributed by atoms with Crippen LogP contribution in [0.1, 0.15) is 37.7 Å². The van der Waals surface area contributed by atoms with Crippen molar-refractivity contribution in [1.29, 1.82) is 0 Å². The van der Waals surface area contributed by atoms with Gasteiger partial charge in [0.1, 0.15) is 5.78 Å². The van der Waals surface area contributed by atoms with Gasteiger partial charge in [-0.1, -0.05) is 30.3 Å². The lowest BCUT2D eigenvalue weighted by Gasteiger charge is -2.43. The van der Waals surface area contributed by atoms with E-state index in [2.05, 4.69) is 35.2 Å². The van der Waals surface area contributed by atoms with E-state index in [9.17, 15) is 4.79 Å². The average Bonchev–Trinajstić information content (AvgIpc) is 2.41. The SMILES string of the molecule is O=C1CC[C@@H]2CCCN(Cc3ccccc3)[C@H]2C1. The number of Topliss-reactive ketones (excluding diaryl/α,β-unsaturated/α-hetero) is 1. The second-order valence-electron chi connectivity index (χ2n) is 5.71. The summed E-state index contributed by atoms with van der Waals surface area (Å²) in [6.45, 7) is 2.17. The summed E-state index contributed by atoms with van der Waals surface area (Å²) < 4.78 is 0. The Hall–Kier alpha value is -1.15. The highest BCUT2D eigenvalue weighted by Gasteiger charge is 2.35. The minimum Gasteiger partial charge on any atom is -0.300 e. The standard InChI is InChI=1S/C16H21NO/c18-15-9-8-14-7-4-10-17(16(14)11-15)12-13-5-2-1-3-6-13/h1-3,5-6,14,16H,4,7-12H2/t14-,16-/m0/s1. The van der Waals surface area contributed by atoms with Crippen molar-refractivity contribution < 1.29 is 4.79 Å². The van der Waals surface area contributed by atoms with E-state index in [1.165, 1.54) is 18.4 Å². The van der Waals surface area contributed by atoms with Crippen LogP contribution in [0.4, 0.5) is 0 Å². The maximum atomic E-state index is 11.7. The molecule has 2 aliphatic rings. The Balaban J connectivity index is 1.72. The number of rotatable bonds is 2. The third kappa shape index (κ3) is 2.49. The van der Waals surface area contributed by atoms with Gasteiger partial charge in [0.25, 0.3) is 0 Å². The second kappa shape index (κ2) is 5.23. The van der Waals surface area contributed by atoms with E-state index in [4.69, 9.17) is 0 Å². The lowest BCUT2D eigenvalue weighted by atomic mass is 9.77. The quantitative estimate of drug-likeness (QED) is 0.796. The van der Waals surface area contributed by atoms with Crippen molar-refractivity contribution in [2.24, 2.45) is 5.92 Å². The summed E-state index contributed by atoms with van der Waals surface area (Å²) in [4.78, 5) is 14.2. The number of carbonyl (C=O) groups is 1. The molecule has 2 nitrogen and oxygen atoms in total. The van der Waals surface area contributed by atoms with Crippen LogP contribution in [0.3, 0.4) is 0 Å². The zero-order valence-electron chi connectivity index (χ0n) is 10.8. The first-order chi connectivity index (χ1) is 8.83. The number of hydrogen-bond donors (Lipinski definition) is 0. The van der Waals surface area contributed by atoms with Gasteiger partial charge in [-0.25, -0.2) is 0 Å². The van der Waals surface area contributed by atoms with Gasteiger partial charge in [0.15, 0.2) is 0 Å². The molecule has 0 N–H and O–H groups in total.